The molecule has 0 aliphatic carbocycles. The highest BCUT2D eigenvalue weighted by Gasteiger charge is 2.14. The summed E-state index contributed by atoms with van der Waals surface area (Å²) in [4.78, 5) is 7.32. The van der Waals surface area contributed by atoms with Gasteiger partial charge in [0.25, 0.3) is 0 Å². The molecule has 0 aliphatic heterocycles. The lowest BCUT2D eigenvalue weighted by Gasteiger charge is -1.95. The summed E-state index contributed by atoms with van der Waals surface area (Å²) in [5.41, 5.74) is 1.80. The van der Waals surface area contributed by atoms with Gasteiger partial charge in [-0.25, -0.2) is 4.98 Å². The lowest BCUT2D eigenvalue weighted by atomic mass is 10.1. The van der Waals surface area contributed by atoms with Crippen LogP contribution in [0.4, 0.5) is 0 Å². The summed E-state index contributed by atoms with van der Waals surface area (Å²) in [7, 11) is 0. The highest BCUT2D eigenvalue weighted by atomic mass is 35.5. The average Bonchev–Trinajstić information content (AvgIpc) is 2.83. The van der Waals surface area contributed by atoms with E-state index in [2.05, 4.69) is 9.97 Å². The summed E-state index contributed by atoms with van der Waals surface area (Å²) in [6, 6.07) is 5.58. The fourth-order valence-corrected chi connectivity index (χ4v) is 2.06. The summed E-state index contributed by atoms with van der Waals surface area (Å²) in [5, 5.41) is 1.68. The van der Waals surface area contributed by atoms with Crippen molar-refractivity contribution in [2.24, 2.45) is 0 Å². The number of hydrogen-bond acceptors (Lipinski definition) is 2. The minimum atomic E-state index is 0.695. The third kappa shape index (κ3) is 1.32. The first-order valence-corrected chi connectivity index (χ1v) is 5.32. The van der Waals surface area contributed by atoms with Crippen LogP contribution in [0, 0.1) is 6.92 Å². The smallest absolute Gasteiger partial charge is 0.141 e. The van der Waals surface area contributed by atoms with E-state index in [1.165, 1.54) is 0 Å². The molecule has 0 bridgehead atoms. The van der Waals surface area contributed by atoms with Gasteiger partial charge < -0.3 is 9.40 Å². The Morgan fingerprint density at radius 2 is 2.25 bits per heavy atom. The number of aryl methyl sites for hydroxylation is 1. The molecule has 2 aromatic heterocycles. The van der Waals surface area contributed by atoms with Crippen molar-refractivity contribution in [1.82, 2.24) is 9.97 Å². The Balaban J connectivity index is 2.38. The van der Waals surface area contributed by atoms with Gasteiger partial charge in [0, 0.05) is 22.8 Å². The van der Waals surface area contributed by atoms with Crippen LogP contribution in [0.1, 0.15) is 5.76 Å². The molecule has 3 nitrogen and oxygen atoms in total. The third-order valence-electron chi connectivity index (χ3n) is 2.56. The van der Waals surface area contributed by atoms with E-state index in [-0.39, 0.29) is 0 Å². The lowest BCUT2D eigenvalue weighted by Crippen LogP contribution is -1.80. The fourth-order valence-electron chi connectivity index (χ4n) is 1.89. The molecule has 1 N–H and O–H groups in total. The Labute approximate surface area is 97.1 Å². The van der Waals surface area contributed by atoms with Gasteiger partial charge in [0.15, 0.2) is 0 Å². The van der Waals surface area contributed by atoms with Crippen LogP contribution in [0.25, 0.3) is 22.4 Å². The highest BCUT2D eigenvalue weighted by Crippen LogP contribution is 2.33. The predicted octanol–water partition coefficient (Wildman–Crippen LogP) is 3.78. The van der Waals surface area contributed by atoms with E-state index in [4.69, 9.17) is 16.0 Å². The normalized spacial score (nSPS) is 11.1. The Kier molecular flexibility index (Phi) is 2.01. The average molecular weight is 233 g/mol. The highest BCUT2D eigenvalue weighted by molar-refractivity contribution is 6.31. The topological polar surface area (TPSA) is 41.8 Å². The van der Waals surface area contributed by atoms with Gasteiger partial charge in [0.1, 0.15) is 17.2 Å². The molecule has 0 spiro atoms. The zero-order valence-electron chi connectivity index (χ0n) is 8.62. The molecule has 0 saturated heterocycles. The molecule has 0 atom stereocenters. The zero-order chi connectivity index (χ0) is 11.1. The van der Waals surface area contributed by atoms with Crippen LogP contribution in [0.2, 0.25) is 5.02 Å². The number of rotatable bonds is 1. The molecule has 0 saturated carbocycles. The van der Waals surface area contributed by atoms with Crippen molar-refractivity contribution in [2.45, 2.75) is 6.92 Å². The second-order valence-corrected chi connectivity index (χ2v) is 4.05. The largest absolute Gasteiger partial charge is 0.461 e. The molecule has 0 unspecified atom stereocenters. The van der Waals surface area contributed by atoms with Crippen LogP contribution in [0.5, 0.6) is 0 Å². The van der Waals surface area contributed by atoms with E-state index in [1.54, 1.807) is 12.4 Å². The Bertz CT molecular complexity index is 640. The molecule has 2 heterocycles. The van der Waals surface area contributed by atoms with Crippen LogP contribution in [-0.4, -0.2) is 9.97 Å². The number of benzene rings is 1. The molecule has 0 fully saturated rings. The van der Waals surface area contributed by atoms with Crippen molar-refractivity contribution in [3.63, 3.8) is 0 Å². The van der Waals surface area contributed by atoms with Gasteiger partial charge in [-0.15, -0.1) is 0 Å². The summed E-state index contributed by atoms with van der Waals surface area (Å²) in [6.45, 7) is 1.92. The van der Waals surface area contributed by atoms with Gasteiger partial charge in [-0.05, 0) is 25.1 Å². The van der Waals surface area contributed by atoms with Crippen LogP contribution in [0.15, 0.2) is 35.0 Å². The van der Waals surface area contributed by atoms with Crippen molar-refractivity contribution >= 4 is 22.6 Å². The Morgan fingerprint density at radius 1 is 1.38 bits per heavy atom. The second-order valence-electron chi connectivity index (χ2n) is 3.61. The minimum absolute atomic E-state index is 0.695. The summed E-state index contributed by atoms with van der Waals surface area (Å²) in [6.07, 6.45) is 3.51. The Hall–Kier alpha value is -1.74. The van der Waals surface area contributed by atoms with Crippen LogP contribution in [0.3, 0.4) is 0 Å². The van der Waals surface area contributed by atoms with E-state index in [0.717, 1.165) is 28.1 Å². The number of fused-ring (bicyclic) bond motifs is 1. The standard InChI is InChI=1S/C12H9ClN2O/c1-7-11(12-14-4-5-15-12)9-6-8(13)2-3-10(9)16-7/h2-6H,1H3,(H,14,15). The number of furan rings is 1. The van der Waals surface area contributed by atoms with Crippen molar-refractivity contribution in [1.29, 1.82) is 0 Å². The maximum atomic E-state index is 5.99. The number of imidazole rings is 1. The number of aromatic amines is 1. The molecule has 4 heteroatoms. The van der Waals surface area contributed by atoms with Crippen molar-refractivity contribution in [3.8, 4) is 11.4 Å². The first-order chi connectivity index (χ1) is 7.75. The van der Waals surface area contributed by atoms with Crippen molar-refractivity contribution < 1.29 is 4.42 Å². The number of aromatic nitrogens is 2. The molecule has 3 aromatic rings. The maximum Gasteiger partial charge on any atom is 0.141 e. The third-order valence-corrected chi connectivity index (χ3v) is 2.80. The van der Waals surface area contributed by atoms with Gasteiger partial charge in [-0.2, -0.15) is 0 Å². The molecule has 16 heavy (non-hydrogen) atoms. The minimum Gasteiger partial charge on any atom is -0.461 e. The maximum absolute atomic E-state index is 5.99. The first-order valence-electron chi connectivity index (χ1n) is 4.94. The molecule has 1 aromatic carbocycles. The molecule has 0 amide bonds. The quantitative estimate of drug-likeness (QED) is 0.694. The van der Waals surface area contributed by atoms with Crippen molar-refractivity contribution in [2.75, 3.05) is 0 Å². The van der Waals surface area contributed by atoms with Crippen LogP contribution in [-0.2, 0) is 0 Å². The second kappa shape index (κ2) is 3.39. The zero-order valence-corrected chi connectivity index (χ0v) is 9.38. The van der Waals surface area contributed by atoms with E-state index in [9.17, 15) is 0 Å². The lowest BCUT2D eigenvalue weighted by molar-refractivity contribution is 0.579. The number of nitrogens with zero attached hydrogens (tertiary/aromatic N) is 1. The van der Waals surface area contributed by atoms with Crippen LogP contribution >= 0.6 is 11.6 Å². The molecular formula is C12H9ClN2O. The van der Waals surface area contributed by atoms with Gasteiger partial charge in [0.05, 0.1) is 5.56 Å². The Morgan fingerprint density at radius 3 is 3.00 bits per heavy atom. The monoisotopic (exact) mass is 232 g/mol. The van der Waals surface area contributed by atoms with Gasteiger partial charge in [-0.3, -0.25) is 0 Å². The first kappa shape index (κ1) is 9.48. The molecular weight excluding hydrogens is 224 g/mol. The number of H-pyrrole nitrogens is 1. The number of halogens is 1. The summed E-state index contributed by atoms with van der Waals surface area (Å²) in [5.74, 6) is 1.64. The molecule has 0 aliphatic rings. The molecule has 80 valence electrons. The van der Waals surface area contributed by atoms with Gasteiger partial charge >= 0.3 is 0 Å². The van der Waals surface area contributed by atoms with Gasteiger partial charge in [0.2, 0.25) is 0 Å². The van der Waals surface area contributed by atoms with Gasteiger partial charge in [-0.1, -0.05) is 11.6 Å². The number of hydrogen-bond donors (Lipinski definition) is 1. The number of nitrogens with one attached hydrogen (secondary N) is 1. The van der Waals surface area contributed by atoms with E-state index >= 15 is 0 Å². The summed E-state index contributed by atoms with van der Waals surface area (Å²) < 4.78 is 5.66. The summed E-state index contributed by atoms with van der Waals surface area (Å²) >= 11 is 5.99. The van der Waals surface area contributed by atoms with Crippen molar-refractivity contribution in [3.05, 3.63) is 41.4 Å². The fraction of sp³-hybridized carbons (Fsp3) is 0.0833. The van der Waals surface area contributed by atoms with E-state index in [1.807, 2.05) is 25.1 Å². The van der Waals surface area contributed by atoms with Crippen LogP contribution < -0.4 is 0 Å². The van der Waals surface area contributed by atoms with E-state index < -0.39 is 0 Å². The SMILES string of the molecule is Cc1oc2ccc(Cl)cc2c1-c1ncc[nH]1. The molecule has 3 rings (SSSR count). The molecule has 0 radical (unpaired) electrons. The predicted molar refractivity (Wildman–Crippen MR) is 63.5 cm³/mol. The van der Waals surface area contributed by atoms with E-state index in [0.29, 0.717) is 5.02 Å².